The third kappa shape index (κ3) is 4.98. The van der Waals surface area contributed by atoms with Crippen molar-refractivity contribution in [3.05, 3.63) is 53.6 Å². The van der Waals surface area contributed by atoms with Crippen molar-refractivity contribution in [2.75, 3.05) is 26.1 Å². The number of anilines is 1. The molecule has 2 aromatic rings. The highest BCUT2D eigenvalue weighted by atomic mass is 16.5. The van der Waals surface area contributed by atoms with Gasteiger partial charge in [-0.3, -0.25) is 9.59 Å². The number of carbonyl (C=O) groups excluding carboxylic acids is 2. The maximum Gasteiger partial charge on any atom is 0.243 e. The Hall–Kier alpha value is -3.53. The van der Waals surface area contributed by atoms with Gasteiger partial charge in [0, 0.05) is 0 Å². The summed E-state index contributed by atoms with van der Waals surface area (Å²) < 4.78 is 10.3. The van der Waals surface area contributed by atoms with Crippen molar-refractivity contribution in [3.8, 4) is 17.6 Å². The molecule has 0 saturated carbocycles. The fraction of sp³-hybridized carbons (Fsp3) is 0.211. The van der Waals surface area contributed by atoms with Gasteiger partial charge in [0.1, 0.15) is 6.07 Å². The van der Waals surface area contributed by atoms with Crippen LogP contribution in [-0.2, 0) is 16.0 Å². The number of nitrogens with zero attached hydrogens (tertiary/aromatic N) is 1. The van der Waals surface area contributed by atoms with Gasteiger partial charge in [0.2, 0.25) is 11.8 Å². The molecule has 2 amide bonds. The number of methoxy groups -OCH3 is 2. The average molecular weight is 353 g/mol. The standard InChI is InChI=1S/C19H19N3O4/c1-25-16-8-7-13(9-17(16)26-2)10-18(23)21-12-19(24)22-15-6-4-3-5-14(15)11-20/h3-9H,10,12H2,1-2H3,(H,21,23)(H,22,24). The number of carbonyl (C=O) groups is 2. The summed E-state index contributed by atoms with van der Waals surface area (Å²) in [6.07, 6.45) is 0.0996. The summed E-state index contributed by atoms with van der Waals surface area (Å²) in [7, 11) is 3.05. The monoisotopic (exact) mass is 353 g/mol. The number of nitrogens with one attached hydrogen (secondary N) is 2. The zero-order valence-electron chi connectivity index (χ0n) is 14.5. The summed E-state index contributed by atoms with van der Waals surface area (Å²) in [4.78, 5) is 24.0. The molecule has 0 radical (unpaired) electrons. The highest BCUT2D eigenvalue weighted by Crippen LogP contribution is 2.27. The van der Waals surface area contributed by atoms with Crippen LogP contribution in [0.4, 0.5) is 5.69 Å². The van der Waals surface area contributed by atoms with Crippen LogP contribution in [0.5, 0.6) is 11.5 Å². The van der Waals surface area contributed by atoms with Gasteiger partial charge in [-0.25, -0.2) is 0 Å². The Kier molecular flexibility index (Phi) is 6.57. The van der Waals surface area contributed by atoms with Crippen molar-refractivity contribution >= 4 is 17.5 Å². The first-order chi connectivity index (χ1) is 12.6. The van der Waals surface area contributed by atoms with Crippen LogP contribution in [0.1, 0.15) is 11.1 Å². The number of ether oxygens (including phenoxy) is 2. The molecule has 0 spiro atoms. The van der Waals surface area contributed by atoms with E-state index in [-0.39, 0.29) is 18.9 Å². The van der Waals surface area contributed by atoms with Gasteiger partial charge < -0.3 is 20.1 Å². The van der Waals surface area contributed by atoms with Gasteiger partial charge in [0.15, 0.2) is 11.5 Å². The third-order valence-electron chi connectivity index (χ3n) is 3.58. The van der Waals surface area contributed by atoms with Gasteiger partial charge in [-0.05, 0) is 29.8 Å². The first-order valence-corrected chi connectivity index (χ1v) is 7.84. The minimum atomic E-state index is -0.409. The molecule has 0 aromatic heterocycles. The van der Waals surface area contributed by atoms with E-state index in [2.05, 4.69) is 10.6 Å². The predicted molar refractivity (Wildman–Crippen MR) is 96.0 cm³/mol. The van der Waals surface area contributed by atoms with Gasteiger partial charge in [0.05, 0.1) is 38.4 Å². The SMILES string of the molecule is COc1ccc(CC(=O)NCC(=O)Nc2ccccc2C#N)cc1OC. The fourth-order valence-corrected chi connectivity index (χ4v) is 2.30. The lowest BCUT2D eigenvalue weighted by atomic mass is 10.1. The molecule has 7 nitrogen and oxygen atoms in total. The van der Waals surface area contributed by atoms with Crippen LogP contribution in [-0.4, -0.2) is 32.6 Å². The average Bonchev–Trinajstić information content (AvgIpc) is 2.66. The Labute approximate surface area is 151 Å². The summed E-state index contributed by atoms with van der Waals surface area (Å²) in [5.41, 5.74) is 1.50. The second-order valence-electron chi connectivity index (χ2n) is 5.35. The summed E-state index contributed by atoms with van der Waals surface area (Å²) in [5.74, 6) is 0.394. The molecule has 7 heteroatoms. The molecule has 2 rings (SSSR count). The number of nitriles is 1. The lowest BCUT2D eigenvalue weighted by Crippen LogP contribution is -2.33. The second-order valence-corrected chi connectivity index (χ2v) is 5.35. The van der Waals surface area contributed by atoms with E-state index in [4.69, 9.17) is 14.7 Å². The second kappa shape index (κ2) is 9.08. The molecule has 2 N–H and O–H groups in total. The summed E-state index contributed by atoms with van der Waals surface area (Å²) in [5, 5.41) is 14.2. The molecular weight excluding hydrogens is 334 g/mol. The first-order valence-electron chi connectivity index (χ1n) is 7.84. The van der Waals surface area contributed by atoms with Crippen LogP contribution in [0.25, 0.3) is 0 Å². The largest absolute Gasteiger partial charge is 0.493 e. The van der Waals surface area contributed by atoms with E-state index in [0.717, 1.165) is 5.56 Å². The van der Waals surface area contributed by atoms with Gasteiger partial charge in [-0.2, -0.15) is 5.26 Å². The van der Waals surface area contributed by atoms with E-state index in [1.165, 1.54) is 14.2 Å². The van der Waals surface area contributed by atoms with E-state index in [1.54, 1.807) is 42.5 Å². The molecule has 0 aliphatic carbocycles. The Morgan fingerprint density at radius 1 is 1.04 bits per heavy atom. The number of benzene rings is 2. The van der Waals surface area contributed by atoms with Crippen LogP contribution >= 0.6 is 0 Å². The van der Waals surface area contributed by atoms with Gasteiger partial charge in [0.25, 0.3) is 0 Å². The van der Waals surface area contributed by atoms with Crippen molar-refractivity contribution < 1.29 is 19.1 Å². The number of hydrogen-bond donors (Lipinski definition) is 2. The highest BCUT2D eigenvalue weighted by Gasteiger charge is 2.11. The maximum absolute atomic E-state index is 12.0. The van der Waals surface area contributed by atoms with Crippen LogP contribution in [0.15, 0.2) is 42.5 Å². The molecule has 0 aliphatic heterocycles. The molecule has 0 heterocycles. The maximum atomic E-state index is 12.0. The Morgan fingerprint density at radius 3 is 2.46 bits per heavy atom. The number of amides is 2. The van der Waals surface area contributed by atoms with Crippen LogP contribution in [0.2, 0.25) is 0 Å². The van der Waals surface area contributed by atoms with Gasteiger partial charge in [-0.15, -0.1) is 0 Å². The zero-order chi connectivity index (χ0) is 18.9. The van der Waals surface area contributed by atoms with Gasteiger partial charge in [-0.1, -0.05) is 18.2 Å². The minimum absolute atomic E-state index is 0.0996. The molecule has 134 valence electrons. The predicted octanol–water partition coefficient (Wildman–Crippen LogP) is 1.87. The van der Waals surface area contributed by atoms with E-state index >= 15 is 0 Å². The van der Waals surface area contributed by atoms with Gasteiger partial charge >= 0.3 is 0 Å². The molecule has 0 aliphatic rings. The quantitative estimate of drug-likeness (QED) is 0.791. The van der Waals surface area contributed by atoms with Crippen LogP contribution in [0.3, 0.4) is 0 Å². The summed E-state index contributed by atoms with van der Waals surface area (Å²) in [6.45, 7) is -0.189. The van der Waals surface area contributed by atoms with Crippen molar-refractivity contribution in [3.63, 3.8) is 0 Å². The number of para-hydroxylation sites is 1. The Morgan fingerprint density at radius 2 is 1.77 bits per heavy atom. The van der Waals surface area contributed by atoms with Crippen molar-refractivity contribution in [1.29, 1.82) is 5.26 Å². The number of rotatable bonds is 7. The van der Waals surface area contributed by atoms with Crippen LogP contribution in [0, 0.1) is 11.3 Å². The lowest BCUT2D eigenvalue weighted by Gasteiger charge is -2.10. The first kappa shape index (κ1) is 18.8. The molecule has 0 bridgehead atoms. The molecule has 0 fully saturated rings. The van der Waals surface area contributed by atoms with E-state index in [1.807, 2.05) is 6.07 Å². The normalized spacial score (nSPS) is 9.73. The molecule has 0 unspecified atom stereocenters. The molecule has 0 atom stereocenters. The van der Waals surface area contributed by atoms with Crippen LogP contribution < -0.4 is 20.1 Å². The zero-order valence-corrected chi connectivity index (χ0v) is 14.5. The van der Waals surface area contributed by atoms with Crippen molar-refractivity contribution in [2.45, 2.75) is 6.42 Å². The highest BCUT2D eigenvalue weighted by molar-refractivity contribution is 5.95. The minimum Gasteiger partial charge on any atom is -0.493 e. The summed E-state index contributed by atoms with van der Waals surface area (Å²) in [6, 6.07) is 13.8. The Balaban J connectivity index is 1.88. The lowest BCUT2D eigenvalue weighted by molar-refractivity contribution is -0.123. The van der Waals surface area contributed by atoms with E-state index in [0.29, 0.717) is 22.7 Å². The molecule has 26 heavy (non-hydrogen) atoms. The van der Waals surface area contributed by atoms with Crippen molar-refractivity contribution in [2.24, 2.45) is 0 Å². The van der Waals surface area contributed by atoms with Crippen molar-refractivity contribution in [1.82, 2.24) is 5.32 Å². The number of hydrogen-bond acceptors (Lipinski definition) is 5. The molecule has 2 aromatic carbocycles. The summed E-state index contributed by atoms with van der Waals surface area (Å²) >= 11 is 0. The van der Waals surface area contributed by atoms with E-state index < -0.39 is 5.91 Å². The Bertz CT molecular complexity index is 843. The van der Waals surface area contributed by atoms with E-state index in [9.17, 15) is 9.59 Å². The fourth-order valence-electron chi connectivity index (χ4n) is 2.30. The molecular formula is C19H19N3O4. The third-order valence-corrected chi connectivity index (χ3v) is 3.58. The smallest absolute Gasteiger partial charge is 0.243 e. The molecule has 0 saturated heterocycles. The topological polar surface area (TPSA) is 100 Å².